The van der Waals surface area contributed by atoms with Crippen molar-refractivity contribution in [2.24, 2.45) is 0 Å². The first-order valence-corrected chi connectivity index (χ1v) is 7.46. The van der Waals surface area contributed by atoms with E-state index in [0.717, 1.165) is 27.6 Å². The van der Waals surface area contributed by atoms with E-state index in [1.54, 1.807) is 0 Å². The van der Waals surface area contributed by atoms with Crippen molar-refractivity contribution in [2.75, 3.05) is 0 Å². The lowest BCUT2D eigenvalue weighted by Crippen LogP contribution is -2.24. The maximum atomic E-state index is 12.1. The van der Waals surface area contributed by atoms with Crippen molar-refractivity contribution < 1.29 is 9.21 Å². The number of rotatable bonds is 4. The van der Waals surface area contributed by atoms with Gasteiger partial charge in [0.05, 0.1) is 13.0 Å². The Labute approximate surface area is 132 Å². The van der Waals surface area contributed by atoms with Gasteiger partial charge in [-0.2, -0.15) is 0 Å². The summed E-state index contributed by atoms with van der Waals surface area (Å²) in [5.74, 6) is 0.454. The van der Waals surface area contributed by atoms with Gasteiger partial charge >= 0.3 is 0 Å². The molecule has 4 rings (SSSR count). The van der Waals surface area contributed by atoms with Crippen LogP contribution in [0.25, 0.3) is 22.0 Å². The Morgan fingerprint density at radius 3 is 2.87 bits per heavy atom. The summed E-state index contributed by atoms with van der Waals surface area (Å²) >= 11 is 0. The highest BCUT2D eigenvalue weighted by Crippen LogP contribution is 2.18. The number of aromatic amines is 1. The number of aromatic nitrogens is 2. The van der Waals surface area contributed by atoms with Crippen molar-refractivity contribution >= 4 is 27.9 Å². The van der Waals surface area contributed by atoms with Gasteiger partial charge in [0.1, 0.15) is 5.52 Å². The number of amides is 1. The zero-order chi connectivity index (χ0) is 15.6. The first-order valence-electron chi connectivity index (χ1n) is 7.46. The Bertz CT molecular complexity index is 951. The lowest BCUT2D eigenvalue weighted by molar-refractivity contribution is -0.120. The third kappa shape index (κ3) is 2.68. The highest BCUT2D eigenvalue weighted by molar-refractivity contribution is 5.88. The van der Waals surface area contributed by atoms with Gasteiger partial charge in [-0.05, 0) is 23.8 Å². The van der Waals surface area contributed by atoms with Crippen LogP contribution in [0.1, 0.15) is 11.5 Å². The normalized spacial score (nSPS) is 11.1. The van der Waals surface area contributed by atoms with E-state index in [1.807, 2.05) is 54.7 Å². The van der Waals surface area contributed by atoms with Crippen molar-refractivity contribution in [1.29, 1.82) is 0 Å². The molecule has 0 atom stereocenters. The summed E-state index contributed by atoms with van der Waals surface area (Å²) in [6.07, 6.45) is 2.20. The number of oxazole rings is 1. The number of nitrogens with one attached hydrogen (secondary N) is 2. The van der Waals surface area contributed by atoms with Crippen LogP contribution in [-0.4, -0.2) is 15.9 Å². The SMILES string of the molecule is O=C(Cc1c[nH]c2ccccc12)NCc1nc2ccccc2o1. The second kappa shape index (κ2) is 5.61. The number of carbonyl (C=O) groups excluding carboxylic acids is 1. The topological polar surface area (TPSA) is 70.9 Å². The summed E-state index contributed by atoms with van der Waals surface area (Å²) in [7, 11) is 0. The molecule has 5 heteroatoms. The summed E-state index contributed by atoms with van der Waals surface area (Å²) < 4.78 is 5.59. The van der Waals surface area contributed by atoms with Crippen LogP contribution in [0.3, 0.4) is 0 Å². The van der Waals surface area contributed by atoms with Gasteiger partial charge in [-0.3, -0.25) is 4.79 Å². The molecule has 0 aliphatic carbocycles. The standard InChI is InChI=1S/C18H15N3O2/c22-17(9-12-10-19-14-6-2-1-5-13(12)14)20-11-18-21-15-7-3-4-8-16(15)23-18/h1-8,10,19H,9,11H2,(H,20,22). The first kappa shape index (κ1) is 13.6. The molecule has 2 aromatic carbocycles. The monoisotopic (exact) mass is 305 g/mol. The largest absolute Gasteiger partial charge is 0.439 e. The van der Waals surface area contributed by atoms with Gasteiger partial charge in [0.2, 0.25) is 11.8 Å². The van der Waals surface area contributed by atoms with Crippen LogP contribution in [0.4, 0.5) is 0 Å². The number of nitrogens with zero attached hydrogens (tertiary/aromatic N) is 1. The van der Waals surface area contributed by atoms with Gasteiger partial charge in [0, 0.05) is 17.1 Å². The molecule has 2 aromatic heterocycles. The molecule has 0 fully saturated rings. The van der Waals surface area contributed by atoms with Crippen LogP contribution in [-0.2, 0) is 17.8 Å². The van der Waals surface area contributed by atoms with Crippen molar-refractivity contribution in [3.8, 4) is 0 Å². The molecule has 0 aliphatic heterocycles. The summed E-state index contributed by atoms with van der Waals surface area (Å²) in [5, 5.41) is 3.93. The average molecular weight is 305 g/mol. The molecule has 0 bridgehead atoms. The van der Waals surface area contributed by atoms with E-state index in [1.165, 1.54) is 0 Å². The van der Waals surface area contributed by atoms with Crippen LogP contribution >= 0.6 is 0 Å². The Balaban J connectivity index is 1.43. The number of hydrogen-bond acceptors (Lipinski definition) is 3. The fourth-order valence-electron chi connectivity index (χ4n) is 2.68. The van der Waals surface area contributed by atoms with Crippen LogP contribution < -0.4 is 5.32 Å². The van der Waals surface area contributed by atoms with E-state index in [4.69, 9.17) is 4.42 Å². The molecule has 0 saturated heterocycles. The number of hydrogen-bond donors (Lipinski definition) is 2. The van der Waals surface area contributed by atoms with E-state index in [-0.39, 0.29) is 12.5 Å². The minimum Gasteiger partial charge on any atom is -0.439 e. The maximum Gasteiger partial charge on any atom is 0.224 e. The summed E-state index contributed by atoms with van der Waals surface area (Å²) in [4.78, 5) is 19.7. The molecule has 0 aliphatic rings. The maximum absolute atomic E-state index is 12.1. The Hall–Kier alpha value is -3.08. The Kier molecular flexibility index (Phi) is 3.31. The minimum atomic E-state index is -0.0583. The third-order valence-electron chi connectivity index (χ3n) is 3.80. The molecular formula is C18H15N3O2. The average Bonchev–Trinajstić information content (AvgIpc) is 3.17. The molecule has 2 N–H and O–H groups in total. The fourth-order valence-corrected chi connectivity index (χ4v) is 2.68. The summed E-state index contributed by atoms with van der Waals surface area (Å²) in [6, 6.07) is 15.5. The second-order valence-electron chi connectivity index (χ2n) is 5.39. The van der Waals surface area contributed by atoms with E-state index in [2.05, 4.69) is 15.3 Å². The molecule has 0 saturated carbocycles. The van der Waals surface area contributed by atoms with Crippen LogP contribution in [0, 0.1) is 0 Å². The molecule has 114 valence electrons. The molecule has 4 aromatic rings. The summed E-state index contributed by atoms with van der Waals surface area (Å²) in [6.45, 7) is 0.288. The van der Waals surface area contributed by atoms with Gasteiger partial charge in [-0.25, -0.2) is 4.98 Å². The lowest BCUT2D eigenvalue weighted by atomic mass is 10.1. The number of benzene rings is 2. The molecule has 23 heavy (non-hydrogen) atoms. The van der Waals surface area contributed by atoms with Crippen molar-refractivity contribution in [2.45, 2.75) is 13.0 Å². The molecule has 0 unspecified atom stereocenters. The molecule has 0 spiro atoms. The van der Waals surface area contributed by atoms with Crippen molar-refractivity contribution in [3.05, 3.63) is 66.2 Å². The van der Waals surface area contributed by atoms with Crippen LogP contribution in [0.15, 0.2) is 59.1 Å². The molecule has 1 amide bonds. The zero-order valence-electron chi connectivity index (χ0n) is 12.4. The lowest BCUT2D eigenvalue weighted by Gasteiger charge is -2.02. The van der Waals surface area contributed by atoms with Gasteiger partial charge in [0.25, 0.3) is 0 Å². The van der Waals surface area contributed by atoms with Crippen LogP contribution in [0.5, 0.6) is 0 Å². The smallest absolute Gasteiger partial charge is 0.224 e. The van der Waals surface area contributed by atoms with E-state index >= 15 is 0 Å². The summed E-state index contributed by atoms with van der Waals surface area (Å²) in [5.41, 5.74) is 3.55. The van der Waals surface area contributed by atoms with Gasteiger partial charge in [-0.15, -0.1) is 0 Å². The molecule has 5 nitrogen and oxygen atoms in total. The van der Waals surface area contributed by atoms with Gasteiger partial charge < -0.3 is 14.7 Å². The van der Waals surface area contributed by atoms with E-state index in [9.17, 15) is 4.79 Å². The fraction of sp³-hybridized carbons (Fsp3) is 0.111. The van der Waals surface area contributed by atoms with Crippen molar-refractivity contribution in [3.63, 3.8) is 0 Å². The predicted molar refractivity (Wildman–Crippen MR) is 87.9 cm³/mol. The van der Waals surface area contributed by atoms with Crippen LogP contribution in [0.2, 0.25) is 0 Å². The Morgan fingerprint density at radius 1 is 1.13 bits per heavy atom. The highest BCUT2D eigenvalue weighted by atomic mass is 16.3. The number of fused-ring (bicyclic) bond motifs is 2. The number of carbonyl (C=O) groups is 1. The Morgan fingerprint density at radius 2 is 1.96 bits per heavy atom. The zero-order valence-corrected chi connectivity index (χ0v) is 12.4. The first-order chi connectivity index (χ1) is 11.3. The number of para-hydroxylation sites is 3. The highest BCUT2D eigenvalue weighted by Gasteiger charge is 2.10. The number of H-pyrrole nitrogens is 1. The third-order valence-corrected chi connectivity index (χ3v) is 3.80. The molecule has 0 radical (unpaired) electrons. The molecular weight excluding hydrogens is 290 g/mol. The van der Waals surface area contributed by atoms with Gasteiger partial charge in [-0.1, -0.05) is 30.3 Å². The van der Waals surface area contributed by atoms with Crippen molar-refractivity contribution in [1.82, 2.24) is 15.3 Å². The van der Waals surface area contributed by atoms with E-state index in [0.29, 0.717) is 12.3 Å². The molecule has 2 heterocycles. The minimum absolute atomic E-state index is 0.0583. The quantitative estimate of drug-likeness (QED) is 0.608. The predicted octanol–water partition coefficient (Wildman–Crippen LogP) is 3.17. The van der Waals surface area contributed by atoms with E-state index < -0.39 is 0 Å². The van der Waals surface area contributed by atoms with Gasteiger partial charge in [0.15, 0.2) is 5.58 Å². The second-order valence-corrected chi connectivity index (χ2v) is 5.39.